The first-order valence-corrected chi connectivity index (χ1v) is 6.09. The number of carbonyl (C=O) groups is 1. The number of aromatic amines is 1. The van der Waals surface area contributed by atoms with Crippen LogP contribution in [0.4, 0.5) is 22.1 Å². The monoisotopic (exact) mass is 267 g/mol. The highest BCUT2D eigenvalue weighted by molar-refractivity contribution is 5.99. The van der Waals surface area contributed by atoms with Crippen molar-refractivity contribution in [3.8, 4) is 0 Å². The molecule has 1 heterocycles. The second kappa shape index (κ2) is 4.93. The number of anilines is 3. The number of para-hydroxylation sites is 2. The number of nitrogens with one attached hydrogen (secondary N) is 3. The first-order chi connectivity index (χ1) is 9.70. The van der Waals surface area contributed by atoms with Gasteiger partial charge in [0, 0.05) is 11.4 Å². The van der Waals surface area contributed by atoms with Crippen LogP contribution in [0, 0.1) is 0 Å². The van der Waals surface area contributed by atoms with Gasteiger partial charge < -0.3 is 16.0 Å². The van der Waals surface area contributed by atoms with Gasteiger partial charge in [-0.25, -0.2) is 9.78 Å². The van der Waals surface area contributed by atoms with Crippen molar-refractivity contribution in [2.24, 2.45) is 0 Å². The molecule has 0 radical (unpaired) electrons. The molecule has 0 saturated heterocycles. The van der Waals surface area contributed by atoms with Crippen LogP contribution in [0.5, 0.6) is 0 Å². The first-order valence-electron chi connectivity index (χ1n) is 6.09. The van der Waals surface area contributed by atoms with Crippen molar-refractivity contribution in [3.05, 3.63) is 48.5 Å². The molecule has 100 valence electrons. The molecular weight excluding hydrogens is 254 g/mol. The number of hydrogen-bond acceptors (Lipinski definition) is 3. The van der Waals surface area contributed by atoms with Crippen LogP contribution in [0.2, 0.25) is 0 Å². The molecule has 6 nitrogen and oxygen atoms in total. The third kappa shape index (κ3) is 2.54. The van der Waals surface area contributed by atoms with Crippen LogP contribution in [-0.4, -0.2) is 16.0 Å². The average molecular weight is 267 g/mol. The molecule has 2 amide bonds. The third-order valence-electron chi connectivity index (χ3n) is 2.77. The van der Waals surface area contributed by atoms with Gasteiger partial charge >= 0.3 is 6.03 Å². The number of benzene rings is 2. The molecule has 6 heteroatoms. The van der Waals surface area contributed by atoms with E-state index in [0.29, 0.717) is 17.3 Å². The number of carbonyl (C=O) groups excluding carboxylic acids is 1. The number of urea groups is 1. The fraction of sp³-hybridized carbons (Fsp3) is 0. The molecule has 0 aliphatic carbocycles. The highest BCUT2D eigenvalue weighted by atomic mass is 16.2. The van der Waals surface area contributed by atoms with Crippen LogP contribution in [0.25, 0.3) is 11.0 Å². The minimum absolute atomic E-state index is 0.380. The Morgan fingerprint density at radius 3 is 2.75 bits per heavy atom. The molecule has 2 aromatic carbocycles. The summed E-state index contributed by atoms with van der Waals surface area (Å²) in [4.78, 5) is 19.1. The number of hydrogen-bond donors (Lipinski definition) is 4. The third-order valence-corrected chi connectivity index (χ3v) is 2.77. The maximum atomic E-state index is 11.8. The number of nitrogen functional groups attached to an aromatic ring is 1. The van der Waals surface area contributed by atoms with Gasteiger partial charge in [-0.3, -0.25) is 5.32 Å². The summed E-state index contributed by atoms with van der Waals surface area (Å²) < 4.78 is 0. The van der Waals surface area contributed by atoms with Crippen molar-refractivity contribution in [2.45, 2.75) is 0 Å². The molecule has 0 unspecified atom stereocenters. The maximum Gasteiger partial charge on any atom is 0.326 e. The highest BCUT2D eigenvalue weighted by Gasteiger charge is 2.06. The van der Waals surface area contributed by atoms with Gasteiger partial charge in [-0.05, 0) is 30.3 Å². The Hall–Kier alpha value is -3.02. The lowest BCUT2D eigenvalue weighted by atomic mass is 10.3. The molecule has 0 bridgehead atoms. The molecule has 1 aromatic heterocycles. The maximum absolute atomic E-state index is 11.8. The van der Waals surface area contributed by atoms with E-state index in [0.717, 1.165) is 11.0 Å². The lowest BCUT2D eigenvalue weighted by Gasteiger charge is -2.05. The van der Waals surface area contributed by atoms with E-state index in [1.807, 2.05) is 24.3 Å². The molecular formula is C14H13N5O. The number of nitrogens with zero attached hydrogens (tertiary/aromatic N) is 1. The molecule has 0 saturated carbocycles. The smallest absolute Gasteiger partial charge is 0.326 e. The van der Waals surface area contributed by atoms with Crippen LogP contribution < -0.4 is 16.4 Å². The molecule has 0 spiro atoms. The number of imidazole rings is 1. The zero-order valence-corrected chi connectivity index (χ0v) is 10.6. The van der Waals surface area contributed by atoms with E-state index in [1.54, 1.807) is 24.3 Å². The van der Waals surface area contributed by atoms with Gasteiger partial charge in [-0.1, -0.05) is 18.2 Å². The molecule has 3 aromatic rings. The first kappa shape index (κ1) is 12.0. The van der Waals surface area contributed by atoms with Gasteiger partial charge in [0.05, 0.1) is 11.0 Å². The van der Waals surface area contributed by atoms with Crippen LogP contribution in [0.1, 0.15) is 0 Å². The lowest BCUT2D eigenvalue weighted by molar-refractivity contribution is 0.262. The van der Waals surface area contributed by atoms with Crippen molar-refractivity contribution < 1.29 is 4.79 Å². The van der Waals surface area contributed by atoms with Gasteiger partial charge in [0.25, 0.3) is 0 Å². The van der Waals surface area contributed by atoms with E-state index in [2.05, 4.69) is 20.6 Å². The van der Waals surface area contributed by atoms with Crippen molar-refractivity contribution in [2.75, 3.05) is 16.4 Å². The molecule has 0 atom stereocenters. The van der Waals surface area contributed by atoms with E-state index in [-0.39, 0.29) is 6.03 Å². The van der Waals surface area contributed by atoms with Crippen LogP contribution in [0.3, 0.4) is 0 Å². The molecule has 3 rings (SSSR count). The standard InChI is InChI=1S/C14H13N5O/c15-9-4-3-5-10(8-9)16-14(20)19-13-17-11-6-1-2-7-12(11)18-13/h1-8H,15H2,(H3,16,17,18,19,20). The topological polar surface area (TPSA) is 95.8 Å². The minimum Gasteiger partial charge on any atom is -0.399 e. The van der Waals surface area contributed by atoms with E-state index in [9.17, 15) is 4.79 Å². The van der Waals surface area contributed by atoms with E-state index in [4.69, 9.17) is 5.73 Å². The van der Waals surface area contributed by atoms with Crippen LogP contribution >= 0.6 is 0 Å². The minimum atomic E-state index is -0.380. The Balaban J connectivity index is 1.72. The van der Waals surface area contributed by atoms with Crippen molar-refractivity contribution in [1.82, 2.24) is 9.97 Å². The zero-order chi connectivity index (χ0) is 13.9. The summed E-state index contributed by atoms with van der Waals surface area (Å²) in [5.41, 5.74) is 8.53. The molecule has 5 N–H and O–H groups in total. The summed E-state index contributed by atoms with van der Waals surface area (Å²) in [6.45, 7) is 0. The second-order valence-corrected chi connectivity index (χ2v) is 4.31. The van der Waals surface area contributed by atoms with Gasteiger partial charge in [-0.2, -0.15) is 0 Å². The predicted molar refractivity (Wildman–Crippen MR) is 79.6 cm³/mol. The Morgan fingerprint density at radius 1 is 1.10 bits per heavy atom. The molecule has 20 heavy (non-hydrogen) atoms. The summed E-state index contributed by atoms with van der Waals surface area (Å²) in [7, 11) is 0. The Bertz CT molecular complexity index is 732. The van der Waals surface area contributed by atoms with Gasteiger partial charge in [0.2, 0.25) is 5.95 Å². The summed E-state index contributed by atoms with van der Waals surface area (Å²) in [5, 5.41) is 5.33. The number of nitrogens with two attached hydrogens (primary N) is 1. The van der Waals surface area contributed by atoms with E-state index >= 15 is 0 Å². The normalized spacial score (nSPS) is 10.4. The molecule has 0 aliphatic rings. The largest absolute Gasteiger partial charge is 0.399 e. The quantitative estimate of drug-likeness (QED) is 0.537. The summed E-state index contributed by atoms with van der Waals surface area (Å²) >= 11 is 0. The van der Waals surface area contributed by atoms with E-state index in [1.165, 1.54) is 0 Å². The fourth-order valence-electron chi connectivity index (χ4n) is 1.90. The number of fused-ring (bicyclic) bond motifs is 1. The zero-order valence-electron chi connectivity index (χ0n) is 10.6. The number of rotatable bonds is 2. The van der Waals surface area contributed by atoms with E-state index < -0.39 is 0 Å². The van der Waals surface area contributed by atoms with Gasteiger partial charge in [-0.15, -0.1) is 0 Å². The molecule has 0 fully saturated rings. The Morgan fingerprint density at radius 2 is 1.95 bits per heavy atom. The lowest BCUT2D eigenvalue weighted by Crippen LogP contribution is -2.20. The summed E-state index contributed by atoms with van der Waals surface area (Å²) in [6, 6.07) is 14.1. The van der Waals surface area contributed by atoms with Gasteiger partial charge in [0.1, 0.15) is 0 Å². The van der Waals surface area contributed by atoms with Gasteiger partial charge in [0.15, 0.2) is 0 Å². The predicted octanol–water partition coefficient (Wildman–Crippen LogP) is 2.79. The SMILES string of the molecule is Nc1cccc(NC(=O)Nc2nc3ccccc3[nH]2)c1. The van der Waals surface area contributed by atoms with Crippen molar-refractivity contribution in [1.29, 1.82) is 0 Å². The second-order valence-electron chi connectivity index (χ2n) is 4.31. The van der Waals surface area contributed by atoms with Crippen LogP contribution in [0.15, 0.2) is 48.5 Å². The number of H-pyrrole nitrogens is 1. The average Bonchev–Trinajstić information content (AvgIpc) is 2.80. The highest BCUT2D eigenvalue weighted by Crippen LogP contribution is 2.15. The number of amides is 2. The Kier molecular flexibility index (Phi) is 2.96. The number of aromatic nitrogens is 2. The van der Waals surface area contributed by atoms with Crippen molar-refractivity contribution in [3.63, 3.8) is 0 Å². The van der Waals surface area contributed by atoms with Crippen LogP contribution in [-0.2, 0) is 0 Å². The fourth-order valence-corrected chi connectivity index (χ4v) is 1.90. The summed E-state index contributed by atoms with van der Waals surface area (Å²) in [5.74, 6) is 0.396. The van der Waals surface area contributed by atoms with Crippen molar-refractivity contribution >= 4 is 34.4 Å². The summed E-state index contributed by atoms with van der Waals surface area (Å²) in [6.07, 6.45) is 0. The molecule has 0 aliphatic heterocycles. The Labute approximate surface area is 115 Å².